The second-order valence-electron chi connectivity index (χ2n) is 4.85. The number of nitrogens with zero attached hydrogens (tertiary/aromatic N) is 3. The molecule has 0 N–H and O–H groups in total. The van der Waals surface area contributed by atoms with Gasteiger partial charge in [-0.1, -0.05) is 29.4 Å². The Morgan fingerprint density at radius 3 is 2.96 bits per heavy atom. The summed E-state index contributed by atoms with van der Waals surface area (Å²) in [7, 11) is 1.53. The van der Waals surface area contributed by atoms with E-state index < -0.39 is 0 Å². The molecule has 2 heterocycles. The summed E-state index contributed by atoms with van der Waals surface area (Å²) in [6.07, 6.45) is 1.74. The van der Waals surface area contributed by atoms with Crippen molar-refractivity contribution in [3.8, 4) is 11.8 Å². The van der Waals surface area contributed by atoms with Crippen LogP contribution in [-0.2, 0) is 4.79 Å². The molecule has 0 aliphatic carbocycles. The zero-order chi connectivity index (χ0) is 17.8. The fourth-order valence-corrected chi connectivity index (χ4v) is 3.80. The lowest BCUT2D eigenvalue weighted by atomic mass is 10.2. The van der Waals surface area contributed by atoms with Gasteiger partial charge in [0.05, 0.1) is 29.6 Å². The topological polar surface area (TPSA) is 65.7 Å². The highest BCUT2D eigenvalue weighted by atomic mass is 35.5. The highest BCUT2D eigenvalue weighted by Crippen LogP contribution is 2.34. The zero-order valence-electron chi connectivity index (χ0n) is 13.1. The third kappa shape index (κ3) is 3.71. The fraction of sp³-hybridized carbons (Fsp3) is 0.118. The molecule has 8 heteroatoms. The predicted octanol–water partition coefficient (Wildman–Crippen LogP) is 4.41. The highest BCUT2D eigenvalue weighted by Gasteiger charge is 2.32. The molecule has 1 amide bonds. The van der Waals surface area contributed by atoms with Crippen LogP contribution >= 0.6 is 34.7 Å². The number of amidine groups is 1. The number of anilines is 1. The summed E-state index contributed by atoms with van der Waals surface area (Å²) in [4.78, 5) is 19.7. The Morgan fingerprint density at radius 2 is 2.32 bits per heavy atom. The van der Waals surface area contributed by atoms with Gasteiger partial charge in [-0.25, -0.2) is 4.99 Å². The summed E-state index contributed by atoms with van der Waals surface area (Å²) < 4.78 is 5.15. The van der Waals surface area contributed by atoms with Crippen molar-refractivity contribution in [1.82, 2.24) is 0 Å². The van der Waals surface area contributed by atoms with Crippen LogP contribution in [0.3, 0.4) is 0 Å². The van der Waals surface area contributed by atoms with E-state index in [-0.39, 0.29) is 11.7 Å². The van der Waals surface area contributed by atoms with Crippen molar-refractivity contribution in [1.29, 1.82) is 5.26 Å². The van der Waals surface area contributed by atoms with Crippen LogP contribution < -0.4 is 9.64 Å². The van der Waals surface area contributed by atoms with Crippen LogP contribution in [-0.4, -0.2) is 23.9 Å². The Balaban J connectivity index is 1.99. The van der Waals surface area contributed by atoms with Gasteiger partial charge in [0, 0.05) is 4.88 Å². The monoisotopic (exact) mass is 389 g/mol. The molecule has 0 radical (unpaired) electrons. The summed E-state index contributed by atoms with van der Waals surface area (Å²) in [5, 5.41) is 11.6. The molecular weight excluding hydrogens is 378 g/mol. The van der Waals surface area contributed by atoms with Crippen molar-refractivity contribution >= 4 is 57.5 Å². The molecule has 0 atom stereocenters. The highest BCUT2D eigenvalue weighted by molar-refractivity contribution is 8.14. The molecule has 0 unspecified atom stereocenters. The SMILES string of the molecule is COc1ccc(N2C(=O)/C(=C/c3cccs3)N=C2SCC#N)cc1Cl. The number of ether oxygens (including phenoxy) is 1. The second-order valence-corrected chi connectivity index (χ2v) is 7.17. The molecule has 3 rings (SSSR count). The molecule has 0 fully saturated rings. The number of thioether (sulfide) groups is 1. The second kappa shape index (κ2) is 7.74. The Bertz CT molecular complexity index is 901. The average molecular weight is 390 g/mol. The van der Waals surface area contributed by atoms with Crippen molar-refractivity contribution in [2.75, 3.05) is 17.8 Å². The van der Waals surface area contributed by atoms with E-state index in [9.17, 15) is 4.79 Å². The van der Waals surface area contributed by atoms with Gasteiger partial charge in [-0.3, -0.25) is 9.69 Å². The minimum Gasteiger partial charge on any atom is -0.495 e. The average Bonchev–Trinajstić information content (AvgIpc) is 3.22. The number of aliphatic imine (C=N–C) groups is 1. The summed E-state index contributed by atoms with van der Waals surface area (Å²) in [6.45, 7) is 0. The first-order valence-corrected chi connectivity index (χ1v) is 9.40. The van der Waals surface area contributed by atoms with Crippen LogP contribution in [0.1, 0.15) is 4.88 Å². The van der Waals surface area contributed by atoms with E-state index in [1.807, 2.05) is 17.5 Å². The Kier molecular flexibility index (Phi) is 5.43. The molecule has 0 saturated heterocycles. The predicted molar refractivity (Wildman–Crippen MR) is 103 cm³/mol. The van der Waals surface area contributed by atoms with Crippen LogP contribution in [0.4, 0.5) is 5.69 Å². The van der Waals surface area contributed by atoms with Crippen molar-refractivity contribution < 1.29 is 9.53 Å². The summed E-state index contributed by atoms with van der Waals surface area (Å²) in [5.74, 6) is 0.461. The number of thiophene rings is 1. The number of rotatable bonds is 4. The number of hydrogen-bond donors (Lipinski definition) is 0. The molecule has 126 valence electrons. The molecule has 1 aliphatic rings. The van der Waals surface area contributed by atoms with Gasteiger partial charge in [0.15, 0.2) is 5.17 Å². The standard InChI is InChI=1S/C17H12ClN3O2S2/c1-23-15-5-4-11(9-13(15)18)21-16(22)14(10-12-3-2-7-24-12)20-17(21)25-8-6-19/h2-5,7,9-10H,8H2,1H3/b14-10-. The number of halogens is 1. The molecule has 0 saturated carbocycles. The first-order valence-electron chi connectivity index (χ1n) is 7.15. The minimum atomic E-state index is -0.255. The summed E-state index contributed by atoms with van der Waals surface area (Å²) in [6, 6.07) is 10.9. The number of amides is 1. The number of carbonyl (C=O) groups is 1. The molecule has 2 aromatic rings. The first-order chi connectivity index (χ1) is 12.1. The molecule has 0 spiro atoms. The minimum absolute atomic E-state index is 0.193. The molecule has 1 aromatic carbocycles. The van der Waals surface area contributed by atoms with Crippen molar-refractivity contribution in [2.45, 2.75) is 0 Å². The van der Waals surface area contributed by atoms with Gasteiger partial charge in [0.1, 0.15) is 11.4 Å². The van der Waals surface area contributed by atoms with E-state index in [4.69, 9.17) is 21.6 Å². The van der Waals surface area contributed by atoms with Crippen molar-refractivity contribution in [3.05, 3.63) is 51.3 Å². The van der Waals surface area contributed by atoms with Crippen LogP contribution in [0.15, 0.2) is 46.4 Å². The van der Waals surface area contributed by atoms with Crippen LogP contribution in [0.2, 0.25) is 5.02 Å². The molecule has 25 heavy (non-hydrogen) atoms. The molecule has 0 bridgehead atoms. The van der Waals surface area contributed by atoms with Gasteiger partial charge in [0.25, 0.3) is 5.91 Å². The van der Waals surface area contributed by atoms with Crippen LogP contribution in [0.25, 0.3) is 6.08 Å². The largest absolute Gasteiger partial charge is 0.495 e. The first kappa shape index (κ1) is 17.5. The maximum atomic E-state index is 12.8. The third-order valence-electron chi connectivity index (χ3n) is 3.31. The maximum Gasteiger partial charge on any atom is 0.283 e. The quantitative estimate of drug-likeness (QED) is 0.726. The van der Waals surface area contributed by atoms with E-state index in [1.165, 1.54) is 35.1 Å². The zero-order valence-corrected chi connectivity index (χ0v) is 15.5. The van der Waals surface area contributed by atoms with Gasteiger partial charge in [-0.2, -0.15) is 5.26 Å². The number of benzene rings is 1. The van der Waals surface area contributed by atoms with E-state index in [0.29, 0.717) is 27.3 Å². The molecular formula is C17H12ClN3O2S2. The number of methoxy groups -OCH3 is 1. The third-order valence-corrected chi connectivity index (χ3v) is 5.23. The molecule has 1 aliphatic heterocycles. The Morgan fingerprint density at radius 1 is 1.48 bits per heavy atom. The Hall–Kier alpha value is -2.27. The fourth-order valence-electron chi connectivity index (χ4n) is 2.22. The van der Waals surface area contributed by atoms with Gasteiger partial charge >= 0.3 is 0 Å². The lowest BCUT2D eigenvalue weighted by molar-refractivity contribution is -0.113. The van der Waals surface area contributed by atoms with Gasteiger partial charge in [-0.05, 0) is 35.7 Å². The summed E-state index contributed by atoms with van der Waals surface area (Å²) >= 11 is 8.91. The maximum absolute atomic E-state index is 12.8. The van der Waals surface area contributed by atoms with Crippen molar-refractivity contribution in [2.24, 2.45) is 4.99 Å². The smallest absolute Gasteiger partial charge is 0.283 e. The van der Waals surface area contributed by atoms with Gasteiger partial charge < -0.3 is 4.74 Å². The van der Waals surface area contributed by atoms with Gasteiger partial charge in [0.2, 0.25) is 0 Å². The van der Waals surface area contributed by atoms with E-state index in [1.54, 1.807) is 24.3 Å². The van der Waals surface area contributed by atoms with Crippen LogP contribution in [0.5, 0.6) is 5.75 Å². The van der Waals surface area contributed by atoms with E-state index >= 15 is 0 Å². The number of carbonyl (C=O) groups excluding carboxylic acids is 1. The lowest BCUT2D eigenvalue weighted by Crippen LogP contribution is -2.30. The number of nitriles is 1. The van der Waals surface area contributed by atoms with E-state index in [0.717, 1.165) is 4.88 Å². The normalized spacial score (nSPS) is 15.4. The number of hydrogen-bond acceptors (Lipinski definition) is 6. The summed E-state index contributed by atoms with van der Waals surface area (Å²) in [5.41, 5.74) is 0.907. The molecule has 5 nitrogen and oxygen atoms in total. The van der Waals surface area contributed by atoms with Crippen molar-refractivity contribution in [3.63, 3.8) is 0 Å². The molecule has 1 aromatic heterocycles. The Labute approximate surface area is 158 Å². The van der Waals surface area contributed by atoms with Gasteiger partial charge in [-0.15, -0.1) is 11.3 Å². The lowest BCUT2D eigenvalue weighted by Gasteiger charge is -2.18. The van der Waals surface area contributed by atoms with Crippen LogP contribution in [0, 0.1) is 11.3 Å². The van der Waals surface area contributed by atoms with E-state index in [2.05, 4.69) is 11.1 Å².